The number of aromatic nitrogens is 3. The monoisotopic (exact) mass is 354 g/mol. The molecule has 6 nitrogen and oxygen atoms in total. The first kappa shape index (κ1) is 16.5. The van der Waals surface area contributed by atoms with E-state index in [0.717, 1.165) is 42.6 Å². The molecule has 1 N–H and O–H groups in total. The summed E-state index contributed by atoms with van der Waals surface area (Å²) < 4.78 is 20.1. The predicted octanol–water partition coefficient (Wildman–Crippen LogP) is 3.75. The van der Waals surface area contributed by atoms with Crippen LogP contribution < -0.4 is 5.32 Å². The van der Waals surface area contributed by atoms with Gasteiger partial charge in [-0.15, -0.1) is 0 Å². The van der Waals surface area contributed by atoms with Gasteiger partial charge in [0, 0.05) is 18.2 Å². The molecule has 4 rings (SSSR count). The molecule has 0 aliphatic heterocycles. The third kappa shape index (κ3) is 3.12. The van der Waals surface area contributed by atoms with Crippen LogP contribution in [0.4, 0.5) is 10.1 Å². The number of hydrogen-bond acceptors (Lipinski definition) is 4. The molecule has 1 aromatic carbocycles. The van der Waals surface area contributed by atoms with Gasteiger partial charge in [-0.1, -0.05) is 17.3 Å². The summed E-state index contributed by atoms with van der Waals surface area (Å²) in [5.41, 5.74) is 2.79. The lowest BCUT2D eigenvalue weighted by atomic mass is 9.96. The van der Waals surface area contributed by atoms with E-state index in [4.69, 9.17) is 4.52 Å². The minimum atomic E-state index is -0.286. The maximum absolute atomic E-state index is 13.1. The van der Waals surface area contributed by atoms with Crippen LogP contribution >= 0.6 is 0 Å². The van der Waals surface area contributed by atoms with Gasteiger partial charge >= 0.3 is 0 Å². The molecule has 2 heterocycles. The van der Waals surface area contributed by atoms with Gasteiger partial charge in [0.25, 0.3) is 5.91 Å². The van der Waals surface area contributed by atoms with Gasteiger partial charge in [-0.2, -0.15) is 5.10 Å². The summed E-state index contributed by atoms with van der Waals surface area (Å²) >= 11 is 0. The van der Waals surface area contributed by atoms with Crippen molar-refractivity contribution in [3.63, 3.8) is 0 Å². The van der Waals surface area contributed by atoms with E-state index < -0.39 is 0 Å². The van der Waals surface area contributed by atoms with E-state index in [1.54, 1.807) is 29.2 Å². The number of amides is 1. The van der Waals surface area contributed by atoms with Crippen LogP contribution in [0.5, 0.6) is 0 Å². The molecule has 0 spiro atoms. The molecule has 134 valence electrons. The zero-order valence-corrected chi connectivity index (χ0v) is 14.4. The Morgan fingerprint density at radius 2 is 2.04 bits per heavy atom. The largest absolute Gasteiger partial charge is 0.360 e. The van der Waals surface area contributed by atoms with Gasteiger partial charge in [0.05, 0.1) is 17.9 Å². The standard InChI is InChI=1S/C19H19FN4O2/c1-12(13-6-8-14(20)9-7-13)24-11-15(10-21-24)22-19(25)18-16-4-2-3-5-17(16)26-23-18/h6-12H,2-5H2,1H3,(H,22,25). The van der Waals surface area contributed by atoms with Crippen LogP contribution in [-0.2, 0) is 12.8 Å². The average molecular weight is 354 g/mol. The van der Waals surface area contributed by atoms with Gasteiger partial charge in [0.15, 0.2) is 5.69 Å². The van der Waals surface area contributed by atoms with Gasteiger partial charge in [0.2, 0.25) is 0 Å². The van der Waals surface area contributed by atoms with Gasteiger partial charge in [-0.3, -0.25) is 9.48 Å². The van der Waals surface area contributed by atoms with Crippen LogP contribution in [0.3, 0.4) is 0 Å². The molecule has 1 aliphatic carbocycles. The van der Waals surface area contributed by atoms with E-state index >= 15 is 0 Å². The summed E-state index contributed by atoms with van der Waals surface area (Å²) in [6, 6.07) is 6.21. The smallest absolute Gasteiger partial charge is 0.278 e. The number of nitrogens with zero attached hydrogens (tertiary/aromatic N) is 3. The van der Waals surface area contributed by atoms with Crippen molar-refractivity contribution < 1.29 is 13.7 Å². The second kappa shape index (κ2) is 6.74. The van der Waals surface area contributed by atoms with E-state index in [9.17, 15) is 9.18 Å². The number of fused-ring (bicyclic) bond motifs is 1. The first-order chi connectivity index (χ1) is 12.6. The minimum absolute atomic E-state index is 0.0824. The number of carbonyl (C=O) groups is 1. The van der Waals surface area contributed by atoms with Crippen molar-refractivity contribution >= 4 is 11.6 Å². The number of aryl methyl sites for hydroxylation is 1. The summed E-state index contributed by atoms with van der Waals surface area (Å²) in [5, 5.41) is 11.1. The maximum atomic E-state index is 13.1. The molecule has 1 atom stereocenters. The first-order valence-electron chi connectivity index (χ1n) is 8.70. The molecule has 0 bridgehead atoms. The number of carbonyl (C=O) groups excluding carboxylic acids is 1. The van der Waals surface area contributed by atoms with Crippen molar-refractivity contribution in [2.45, 2.75) is 38.6 Å². The van der Waals surface area contributed by atoms with Crippen LogP contribution in [0.15, 0.2) is 41.2 Å². The van der Waals surface area contributed by atoms with Crippen molar-refractivity contribution in [1.82, 2.24) is 14.9 Å². The molecule has 1 unspecified atom stereocenters. The molecule has 1 aliphatic rings. The maximum Gasteiger partial charge on any atom is 0.278 e. The lowest BCUT2D eigenvalue weighted by Gasteiger charge is -2.12. The fraction of sp³-hybridized carbons (Fsp3) is 0.316. The van der Waals surface area contributed by atoms with Gasteiger partial charge in [0.1, 0.15) is 11.6 Å². The molecule has 2 aromatic heterocycles. The Labute approximate surface area is 150 Å². The van der Waals surface area contributed by atoms with E-state index in [-0.39, 0.29) is 17.8 Å². The number of anilines is 1. The topological polar surface area (TPSA) is 73.0 Å². The molecule has 1 amide bonds. The van der Waals surface area contributed by atoms with Crippen LogP contribution in [0.1, 0.15) is 53.2 Å². The van der Waals surface area contributed by atoms with Gasteiger partial charge in [-0.05, 0) is 43.9 Å². The predicted molar refractivity (Wildman–Crippen MR) is 93.5 cm³/mol. The fourth-order valence-corrected chi connectivity index (χ4v) is 3.26. The summed E-state index contributed by atoms with van der Waals surface area (Å²) in [4.78, 5) is 12.5. The minimum Gasteiger partial charge on any atom is -0.360 e. The molecule has 3 aromatic rings. The van der Waals surface area contributed by atoms with E-state index in [2.05, 4.69) is 15.6 Å². The van der Waals surface area contributed by atoms with Crippen molar-refractivity contribution in [1.29, 1.82) is 0 Å². The Bertz CT molecular complexity index is 929. The highest BCUT2D eigenvalue weighted by Crippen LogP contribution is 2.25. The second-order valence-corrected chi connectivity index (χ2v) is 6.53. The zero-order valence-electron chi connectivity index (χ0n) is 14.4. The normalized spacial score (nSPS) is 14.7. The van der Waals surface area contributed by atoms with E-state index in [1.807, 2.05) is 6.92 Å². The number of benzene rings is 1. The third-order valence-corrected chi connectivity index (χ3v) is 4.77. The fourth-order valence-electron chi connectivity index (χ4n) is 3.26. The third-order valence-electron chi connectivity index (χ3n) is 4.77. The zero-order chi connectivity index (χ0) is 18.1. The summed E-state index contributed by atoms with van der Waals surface area (Å²) in [5.74, 6) is 0.262. The van der Waals surface area contributed by atoms with Crippen molar-refractivity contribution in [2.24, 2.45) is 0 Å². The van der Waals surface area contributed by atoms with Crippen LogP contribution in [0.2, 0.25) is 0 Å². The lowest BCUT2D eigenvalue weighted by molar-refractivity contribution is 0.101. The van der Waals surface area contributed by atoms with Gasteiger partial charge in [-0.25, -0.2) is 4.39 Å². The van der Waals surface area contributed by atoms with Crippen LogP contribution in [-0.4, -0.2) is 20.8 Å². The highest BCUT2D eigenvalue weighted by atomic mass is 19.1. The number of nitrogens with one attached hydrogen (secondary N) is 1. The molecule has 0 fully saturated rings. The molecule has 26 heavy (non-hydrogen) atoms. The molecular weight excluding hydrogens is 335 g/mol. The highest BCUT2D eigenvalue weighted by molar-refractivity contribution is 6.03. The highest BCUT2D eigenvalue weighted by Gasteiger charge is 2.24. The summed E-state index contributed by atoms with van der Waals surface area (Å²) in [6.07, 6.45) is 7.10. The number of halogens is 1. The van der Waals surface area contributed by atoms with Crippen molar-refractivity contribution in [3.8, 4) is 0 Å². The molecule has 0 radical (unpaired) electrons. The quantitative estimate of drug-likeness (QED) is 0.774. The number of hydrogen-bond donors (Lipinski definition) is 1. The summed E-state index contributed by atoms with van der Waals surface area (Å²) in [6.45, 7) is 1.96. The Hall–Kier alpha value is -2.96. The van der Waals surface area contributed by atoms with Crippen LogP contribution in [0, 0.1) is 5.82 Å². The second-order valence-electron chi connectivity index (χ2n) is 6.53. The Balaban J connectivity index is 1.49. The Kier molecular flexibility index (Phi) is 4.28. The molecule has 7 heteroatoms. The molecular formula is C19H19FN4O2. The van der Waals surface area contributed by atoms with E-state index in [1.165, 1.54) is 12.1 Å². The number of rotatable bonds is 4. The lowest BCUT2D eigenvalue weighted by Crippen LogP contribution is -2.15. The first-order valence-corrected chi connectivity index (χ1v) is 8.70. The Morgan fingerprint density at radius 3 is 2.85 bits per heavy atom. The summed E-state index contributed by atoms with van der Waals surface area (Å²) in [7, 11) is 0. The van der Waals surface area contributed by atoms with Crippen molar-refractivity contribution in [2.75, 3.05) is 5.32 Å². The molecule has 0 saturated carbocycles. The Morgan fingerprint density at radius 1 is 1.27 bits per heavy atom. The van der Waals surface area contributed by atoms with Crippen molar-refractivity contribution in [3.05, 3.63) is 65.1 Å². The SMILES string of the molecule is CC(c1ccc(F)cc1)n1cc(NC(=O)c2noc3c2CCCC3)cn1. The average Bonchev–Trinajstić information content (AvgIpc) is 3.28. The van der Waals surface area contributed by atoms with Crippen LogP contribution in [0.25, 0.3) is 0 Å². The molecule has 0 saturated heterocycles. The van der Waals surface area contributed by atoms with Gasteiger partial charge < -0.3 is 9.84 Å². The van der Waals surface area contributed by atoms with E-state index in [0.29, 0.717) is 11.4 Å².